The highest BCUT2D eigenvalue weighted by Crippen LogP contribution is 2.36. The third kappa shape index (κ3) is 3.04. The molecule has 7 heteroatoms. The second-order valence-corrected chi connectivity index (χ2v) is 4.88. The van der Waals surface area contributed by atoms with Crippen molar-refractivity contribution in [2.75, 3.05) is 11.1 Å². The molecular weight excluding hydrogens is 340 g/mol. The molecule has 3 N–H and O–H groups in total. The van der Waals surface area contributed by atoms with E-state index in [0.717, 1.165) is 12.1 Å². The van der Waals surface area contributed by atoms with Gasteiger partial charge in [0.2, 0.25) is 0 Å². The third-order valence-electron chi connectivity index (χ3n) is 2.59. The standard InChI is InChI=1S/C13H9BrF4N2/c14-9-2-1-3-10(15)12(9)20-7-4-5-11(19)8(6-7)13(16,17)18/h1-6,20H,19H2. The van der Waals surface area contributed by atoms with E-state index in [4.69, 9.17) is 5.73 Å². The lowest BCUT2D eigenvalue weighted by Gasteiger charge is -2.14. The highest BCUT2D eigenvalue weighted by Gasteiger charge is 2.33. The zero-order valence-electron chi connectivity index (χ0n) is 9.93. The minimum atomic E-state index is -4.56. The van der Waals surface area contributed by atoms with E-state index in [2.05, 4.69) is 21.2 Å². The largest absolute Gasteiger partial charge is 0.418 e. The van der Waals surface area contributed by atoms with Crippen LogP contribution in [-0.4, -0.2) is 0 Å². The van der Waals surface area contributed by atoms with Crippen molar-refractivity contribution >= 4 is 33.0 Å². The number of benzene rings is 2. The van der Waals surface area contributed by atoms with Gasteiger partial charge in [-0.15, -0.1) is 0 Å². The van der Waals surface area contributed by atoms with Gasteiger partial charge in [0, 0.05) is 15.8 Å². The Bertz CT molecular complexity index is 621. The number of nitrogens with two attached hydrogens (primary N) is 1. The van der Waals surface area contributed by atoms with E-state index in [1.165, 1.54) is 18.2 Å². The highest BCUT2D eigenvalue weighted by atomic mass is 79.9. The van der Waals surface area contributed by atoms with Gasteiger partial charge in [-0.2, -0.15) is 13.2 Å². The lowest BCUT2D eigenvalue weighted by molar-refractivity contribution is -0.136. The van der Waals surface area contributed by atoms with Gasteiger partial charge < -0.3 is 11.1 Å². The zero-order chi connectivity index (χ0) is 14.9. The minimum Gasteiger partial charge on any atom is -0.398 e. The van der Waals surface area contributed by atoms with Crippen molar-refractivity contribution in [2.24, 2.45) is 0 Å². The number of nitrogens with one attached hydrogen (secondary N) is 1. The Hall–Kier alpha value is -1.76. The number of alkyl halides is 3. The average Bonchev–Trinajstić information content (AvgIpc) is 2.34. The monoisotopic (exact) mass is 348 g/mol. The Kier molecular flexibility index (Phi) is 3.89. The molecule has 0 fully saturated rings. The Morgan fingerprint density at radius 1 is 1.10 bits per heavy atom. The van der Waals surface area contributed by atoms with Gasteiger partial charge in [0.1, 0.15) is 5.82 Å². The number of rotatable bonds is 2. The molecule has 2 rings (SSSR count). The van der Waals surface area contributed by atoms with Crippen LogP contribution in [0.3, 0.4) is 0 Å². The van der Waals surface area contributed by atoms with Gasteiger partial charge >= 0.3 is 6.18 Å². The van der Waals surface area contributed by atoms with Crippen LogP contribution in [0, 0.1) is 5.82 Å². The summed E-state index contributed by atoms with van der Waals surface area (Å²) in [6, 6.07) is 7.58. The van der Waals surface area contributed by atoms with Gasteiger partial charge in [0.05, 0.1) is 11.3 Å². The maximum Gasteiger partial charge on any atom is 0.418 e. The van der Waals surface area contributed by atoms with Gasteiger partial charge in [0.25, 0.3) is 0 Å². The van der Waals surface area contributed by atoms with Crippen LogP contribution in [0.25, 0.3) is 0 Å². The van der Waals surface area contributed by atoms with Gasteiger partial charge in [0.15, 0.2) is 0 Å². The van der Waals surface area contributed by atoms with Crippen molar-refractivity contribution in [3.05, 3.63) is 52.3 Å². The molecule has 0 heterocycles. The summed E-state index contributed by atoms with van der Waals surface area (Å²) in [4.78, 5) is 0. The van der Waals surface area contributed by atoms with Crippen molar-refractivity contribution in [1.82, 2.24) is 0 Å². The van der Waals surface area contributed by atoms with Crippen LogP contribution in [0.5, 0.6) is 0 Å². The van der Waals surface area contributed by atoms with E-state index in [1.807, 2.05) is 0 Å². The number of anilines is 3. The molecule has 0 atom stereocenters. The van der Waals surface area contributed by atoms with Crippen LogP contribution in [0.1, 0.15) is 5.56 Å². The van der Waals surface area contributed by atoms with Crippen LogP contribution in [-0.2, 0) is 6.18 Å². The fraction of sp³-hybridized carbons (Fsp3) is 0.0769. The summed E-state index contributed by atoms with van der Waals surface area (Å²) >= 11 is 3.13. The minimum absolute atomic E-state index is 0.0606. The molecule has 0 aromatic heterocycles. The molecule has 0 saturated carbocycles. The zero-order valence-corrected chi connectivity index (χ0v) is 11.5. The molecule has 0 radical (unpaired) electrons. The second-order valence-electron chi connectivity index (χ2n) is 4.02. The van der Waals surface area contributed by atoms with Gasteiger partial charge in [-0.05, 0) is 46.3 Å². The molecule has 2 aromatic carbocycles. The maximum absolute atomic E-state index is 13.6. The summed E-state index contributed by atoms with van der Waals surface area (Å²) < 4.78 is 52.2. The summed E-state index contributed by atoms with van der Waals surface area (Å²) in [5.41, 5.74) is 4.11. The molecule has 0 saturated heterocycles. The molecule has 0 aliphatic carbocycles. The van der Waals surface area contributed by atoms with Gasteiger partial charge in [-0.3, -0.25) is 0 Å². The van der Waals surface area contributed by atoms with Crippen molar-refractivity contribution in [2.45, 2.75) is 6.18 Å². The Balaban J connectivity index is 2.40. The van der Waals surface area contributed by atoms with Crippen molar-refractivity contribution in [3.8, 4) is 0 Å². The highest BCUT2D eigenvalue weighted by molar-refractivity contribution is 9.10. The van der Waals surface area contributed by atoms with Crippen LogP contribution in [0.4, 0.5) is 34.6 Å². The molecule has 20 heavy (non-hydrogen) atoms. The number of nitrogen functional groups attached to an aromatic ring is 1. The Morgan fingerprint density at radius 2 is 1.80 bits per heavy atom. The molecule has 2 aromatic rings. The lowest BCUT2D eigenvalue weighted by Crippen LogP contribution is -2.09. The molecule has 0 aliphatic heterocycles. The number of hydrogen-bond acceptors (Lipinski definition) is 2. The smallest absolute Gasteiger partial charge is 0.398 e. The van der Waals surface area contributed by atoms with Gasteiger partial charge in [-0.1, -0.05) is 6.07 Å². The average molecular weight is 349 g/mol. The molecular formula is C13H9BrF4N2. The molecule has 0 unspecified atom stereocenters. The quantitative estimate of drug-likeness (QED) is 0.596. The first-order chi connectivity index (χ1) is 9.29. The number of hydrogen-bond donors (Lipinski definition) is 2. The first-order valence-corrected chi connectivity index (χ1v) is 6.26. The SMILES string of the molecule is Nc1ccc(Nc2c(F)cccc2Br)cc1C(F)(F)F. The van der Waals surface area contributed by atoms with Crippen LogP contribution in [0.2, 0.25) is 0 Å². The van der Waals surface area contributed by atoms with E-state index >= 15 is 0 Å². The summed E-state index contributed by atoms with van der Waals surface area (Å²) in [5, 5.41) is 2.60. The summed E-state index contributed by atoms with van der Waals surface area (Å²) in [6.07, 6.45) is -4.56. The summed E-state index contributed by atoms with van der Waals surface area (Å²) in [5.74, 6) is -0.579. The molecule has 0 bridgehead atoms. The normalized spacial score (nSPS) is 11.4. The molecule has 106 valence electrons. The maximum atomic E-state index is 13.6. The van der Waals surface area contributed by atoms with Crippen LogP contribution in [0.15, 0.2) is 40.9 Å². The van der Waals surface area contributed by atoms with E-state index in [-0.39, 0.29) is 17.1 Å². The number of para-hydroxylation sites is 1. The molecule has 2 nitrogen and oxygen atoms in total. The molecule has 0 spiro atoms. The predicted molar refractivity (Wildman–Crippen MR) is 73.2 cm³/mol. The van der Waals surface area contributed by atoms with Crippen LogP contribution < -0.4 is 11.1 Å². The second kappa shape index (κ2) is 5.32. The molecule has 0 aliphatic rings. The fourth-order valence-corrected chi connectivity index (χ4v) is 2.08. The third-order valence-corrected chi connectivity index (χ3v) is 3.25. The Labute approximate surface area is 120 Å². The van der Waals surface area contributed by atoms with E-state index < -0.39 is 17.6 Å². The van der Waals surface area contributed by atoms with E-state index in [9.17, 15) is 17.6 Å². The van der Waals surface area contributed by atoms with Gasteiger partial charge in [-0.25, -0.2) is 4.39 Å². The number of halogens is 5. The summed E-state index contributed by atoms with van der Waals surface area (Å²) in [7, 11) is 0. The first-order valence-electron chi connectivity index (χ1n) is 5.47. The first kappa shape index (κ1) is 14.6. The van der Waals surface area contributed by atoms with E-state index in [0.29, 0.717) is 4.47 Å². The topological polar surface area (TPSA) is 38.0 Å². The summed E-state index contributed by atoms with van der Waals surface area (Å²) in [6.45, 7) is 0. The Morgan fingerprint density at radius 3 is 2.40 bits per heavy atom. The van der Waals surface area contributed by atoms with Crippen molar-refractivity contribution in [1.29, 1.82) is 0 Å². The van der Waals surface area contributed by atoms with Crippen LogP contribution >= 0.6 is 15.9 Å². The molecule has 0 amide bonds. The predicted octanol–water partition coefficient (Wildman–Crippen LogP) is 4.93. The lowest BCUT2D eigenvalue weighted by atomic mass is 10.1. The van der Waals surface area contributed by atoms with Crippen molar-refractivity contribution < 1.29 is 17.6 Å². The fourth-order valence-electron chi connectivity index (χ4n) is 1.64. The van der Waals surface area contributed by atoms with Crippen molar-refractivity contribution in [3.63, 3.8) is 0 Å². The van der Waals surface area contributed by atoms with E-state index in [1.54, 1.807) is 6.07 Å².